The van der Waals surface area contributed by atoms with Crippen LogP contribution in [-0.2, 0) is 0 Å². The summed E-state index contributed by atoms with van der Waals surface area (Å²) in [5, 5.41) is 2.28. The van der Waals surface area contributed by atoms with Gasteiger partial charge in [0.05, 0.1) is 12.1 Å². The lowest BCUT2D eigenvalue weighted by molar-refractivity contribution is 0.181. The summed E-state index contributed by atoms with van der Waals surface area (Å²) in [6.45, 7) is 0.772. The normalized spacial score (nSPS) is 18.6. The molecule has 0 fully saturated rings. The van der Waals surface area contributed by atoms with Gasteiger partial charge < -0.3 is 9.64 Å². The maximum absolute atomic E-state index is 6.24. The van der Waals surface area contributed by atoms with Crippen molar-refractivity contribution < 1.29 is 4.74 Å². The fourth-order valence-corrected chi connectivity index (χ4v) is 3.09. The van der Waals surface area contributed by atoms with Crippen molar-refractivity contribution in [2.45, 2.75) is 12.5 Å². The Morgan fingerprint density at radius 2 is 2.10 bits per heavy atom. The zero-order valence-corrected chi connectivity index (χ0v) is 12.9. The van der Waals surface area contributed by atoms with Gasteiger partial charge in [0.2, 0.25) is 0 Å². The Morgan fingerprint density at radius 3 is 2.90 bits per heavy atom. The minimum atomic E-state index is 0.0718. The van der Waals surface area contributed by atoms with E-state index in [0.29, 0.717) is 5.88 Å². The van der Waals surface area contributed by atoms with Gasteiger partial charge in [0.25, 0.3) is 0 Å². The molecular weight excluding hydrogens is 290 g/mol. The average Bonchev–Trinajstić information content (AvgIpc) is 2.58. The summed E-state index contributed by atoms with van der Waals surface area (Å²) in [5.41, 5.74) is 0.998. The van der Waals surface area contributed by atoms with Crippen LogP contribution in [0.3, 0.4) is 0 Å². The van der Waals surface area contributed by atoms with E-state index >= 15 is 0 Å². The van der Waals surface area contributed by atoms with Gasteiger partial charge in [0.15, 0.2) is 0 Å². The molecule has 1 unspecified atom stereocenters. The Morgan fingerprint density at radius 1 is 1.30 bits per heavy atom. The second-order valence-corrected chi connectivity index (χ2v) is 5.83. The Kier molecular flexibility index (Phi) is 3.81. The van der Waals surface area contributed by atoms with Crippen LogP contribution in [0.5, 0.6) is 5.75 Å². The van der Waals surface area contributed by atoms with E-state index in [1.165, 1.54) is 5.39 Å². The van der Waals surface area contributed by atoms with Crippen molar-refractivity contribution in [2.75, 3.05) is 19.5 Å². The van der Waals surface area contributed by atoms with Crippen LogP contribution in [0.2, 0.25) is 0 Å². The topological polar surface area (TPSA) is 12.5 Å². The lowest BCUT2D eigenvalue weighted by atomic mass is 10.1. The van der Waals surface area contributed by atoms with Crippen LogP contribution in [0.4, 0.5) is 0 Å². The van der Waals surface area contributed by atoms with Gasteiger partial charge in [-0.1, -0.05) is 42.5 Å². The summed E-state index contributed by atoms with van der Waals surface area (Å²) >= 11 is 11.5. The fourth-order valence-electron chi connectivity index (χ4n) is 2.61. The van der Waals surface area contributed by atoms with Crippen molar-refractivity contribution in [1.82, 2.24) is 4.90 Å². The number of nitrogens with zero attached hydrogens (tertiary/aromatic N) is 1. The molecule has 2 aromatic rings. The molecule has 0 saturated carbocycles. The zero-order chi connectivity index (χ0) is 14.1. The number of halogens is 1. The van der Waals surface area contributed by atoms with E-state index in [0.717, 1.165) is 34.7 Å². The lowest BCUT2D eigenvalue weighted by Crippen LogP contribution is -2.33. The Hall–Kier alpha value is -1.32. The molecule has 0 N–H and O–H groups in total. The predicted octanol–water partition coefficient (Wildman–Crippen LogP) is 3.84. The number of benzene rings is 2. The van der Waals surface area contributed by atoms with Gasteiger partial charge >= 0.3 is 0 Å². The molecule has 20 heavy (non-hydrogen) atoms. The molecule has 1 aliphatic rings. The maximum atomic E-state index is 6.24. The third kappa shape index (κ3) is 2.36. The van der Waals surface area contributed by atoms with E-state index in [-0.39, 0.29) is 6.10 Å². The van der Waals surface area contributed by atoms with Crippen LogP contribution in [0, 0.1) is 0 Å². The van der Waals surface area contributed by atoms with E-state index in [2.05, 4.69) is 29.2 Å². The van der Waals surface area contributed by atoms with Gasteiger partial charge in [-0.05, 0) is 17.9 Å². The Bertz CT molecular complexity index is 658. The van der Waals surface area contributed by atoms with Crippen LogP contribution >= 0.6 is 23.8 Å². The molecule has 104 valence electrons. The van der Waals surface area contributed by atoms with Gasteiger partial charge in [0.1, 0.15) is 16.8 Å². The van der Waals surface area contributed by atoms with Crippen molar-refractivity contribution >= 4 is 39.6 Å². The van der Waals surface area contributed by atoms with E-state index in [4.69, 9.17) is 28.6 Å². The molecule has 0 aliphatic carbocycles. The second-order valence-electron chi connectivity index (χ2n) is 5.07. The third-order valence-corrected chi connectivity index (χ3v) is 4.40. The summed E-state index contributed by atoms with van der Waals surface area (Å²) in [4.78, 5) is 2.91. The van der Waals surface area contributed by atoms with E-state index in [9.17, 15) is 0 Å². The molecule has 0 radical (unpaired) electrons. The van der Waals surface area contributed by atoms with Crippen molar-refractivity contribution in [3.8, 4) is 5.75 Å². The van der Waals surface area contributed by atoms with Gasteiger partial charge in [0, 0.05) is 18.3 Å². The first kappa shape index (κ1) is 13.7. The molecule has 0 aromatic heterocycles. The minimum absolute atomic E-state index is 0.0718. The predicted molar refractivity (Wildman–Crippen MR) is 88.0 cm³/mol. The molecule has 2 nitrogen and oxygen atoms in total. The molecule has 1 heterocycles. The van der Waals surface area contributed by atoms with E-state index in [1.807, 2.05) is 19.2 Å². The number of likely N-dealkylation sites (N-methyl/N-ethyl adjacent to an activating group) is 1. The number of thiocarbonyl (C=S) groups is 1. The highest BCUT2D eigenvalue weighted by Crippen LogP contribution is 2.34. The monoisotopic (exact) mass is 305 g/mol. The lowest BCUT2D eigenvalue weighted by Gasteiger charge is -2.21. The molecule has 0 amide bonds. The van der Waals surface area contributed by atoms with Crippen molar-refractivity contribution in [3.63, 3.8) is 0 Å². The van der Waals surface area contributed by atoms with Crippen LogP contribution in [0.1, 0.15) is 12.0 Å². The molecule has 0 saturated heterocycles. The first-order valence-electron chi connectivity index (χ1n) is 6.70. The Balaban J connectivity index is 2.17. The standard InChI is InChI=1S/C16H16ClNOS/c1-18-10-12(8-9-17)19-15-13-5-3-2-4-11(13)6-7-14(15)16(18)20/h2-7,12H,8-10H2,1H3. The van der Waals surface area contributed by atoms with Gasteiger partial charge in [-0.15, -0.1) is 11.6 Å². The van der Waals surface area contributed by atoms with Gasteiger partial charge in [-0.25, -0.2) is 0 Å². The van der Waals surface area contributed by atoms with E-state index in [1.54, 1.807) is 0 Å². The van der Waals surface area contributed by atoms with Gasteiger partial charge in [-0.3, -0.25) is 0 Å². The smallest absolute Gasteiger partial charge is 0.137 e. The van der Waals surface area contributed by atoms with Crippen LogP contribution in [-0.4, -0.2) is 35.5 Å². The quantitative estimate of drug-likeness (QED) is 0.618. The molecular formula is C16H16ClNOS. The van der Waals surface area contributed by atoms with Crippen LogP contribution in [0.15, 0.2) is 36.4 Å². The summed E-state index contributed by atoms with van der Waals surface area (Å²) in [7, 11) is 2.01. The largest absolute Gasteiger partial charge is 0.487 e. The number of rotatable bonds is 2. The number of hydrogen-bond donors (Lipinski definition) is 0. The van der Waals surface area contributed by atoms with Crippen LogP contribution in [0.25, 0.3) is 10.8 Å². The molecule has 4 heteroatoms. The highest BCUT2D eigenvalue weighted by Gasteiger charge is 2.25. The molecule has 3 rings (SSSR count). The van der Waals surface area contributed by atoms with Gasteiger partial charge in [-0.2, -0.15) is 0 Å². The first-order valence-corrected chi connectivity index (χ1v) is 7.65. The third-order valence-electron chi connectivity index (χ3n) is 3.65. The minimum Gasteiger partial charge on any atom is -0.487 e. The molecule has 0 spiro atoms. The first-order chi connectivity index (χ1) is 9.70. The number of ether oxygens (including phenoxy) is 1. The summed E-state index contributed by atoms with van der Waals surface area (Å²) < 4.78 is 6.24. The van der Waals surface area contributed by atoms with Crippen molar-refractivity contribution in [3.05, 3.63) is 42.0 Å². The molecule has 1 atom stereocenters. The molecule has 2 aromatic carbocycles. The Labute approximate surface area is 129 Å². The highest BCUT2D eigenvalue weighted by atomic mass is 35.5. The summed E-state index contributed by atoms with van der Waals surface area (Å²) in [6.07, 6.45) is 0.888. The average molecular weight is 306 g/mol. The molecule has 1 aliphatic heterocycles. The fraction of sp³-hybridized carbons (Fsp3) is 0.312. The number of hydrogen-bond acceptors (Lipinski definition) is 2. The zero-order valence-electron chi connectivity index (χ0n) is 11.3. The maximum Gasteiger partial charge on any atom is 0.137 e. The van der Waals surface area contributed by atoms with E-state index < -0.39 is 0 Å². The number of fused-ring (bicyclic) bond motifs is 3. The number of alkyl halides is 1. The van der Waals surface area contributed by atoms with Crippen molar-refractivity contribution in [1.29, 1.82) is 0 Å². The summed E-state index contributed by atoms with van der Waals surface area (Å²) in [5.74, 6) is 1.48. The summed E-state index contributed by atoms with van der Waals surface area (Å²) in [6, 6.07) is 12.4. The van der Waals surface area contributed by atoms with Crippen molar-refractivity contribution in [2.24, 2.45) is 0 Å². The molecule has 0 bridgehead atoms. The highest BCUT2D eigenvalue weighted by molar-refractivity contribution is 7.80. The second kappa shape index (κ2) is 5.58. The SMILES string of the molecule is CN1CC(CCCl)Oc2c(ccc3ccccc23)C1=S. The van der Waals surface area contributed by atoms with Crippen LogP contribution < -0.4 is 4.74 Å².